The van der Waals surface area contributed by atoms with E-state index in [9.17, 15) is 13.2 Å². The van der Waals surface area contributed by atoms with Gasteiger partial charge in [-0.2, -0.15) is 0 Å². The van der Waals surface area contributed by atoms with Crippen LogP contribution in [0.25, 0.3) is 0 Å². The van der Waals surface area contributed by atoms with Gasteiger partial charge in [-0.1, -0.05) is 12.1 Å². The number of hydrogen-bond donors (Lipinski definition) is 1. The molecule has 0 saturated carbocycles. The van der Waals surface area contributed by atoms with Crippen molar-refractivity contribution in [3.05, 3.63) is 24.3 Å². The largest absolute Gasteiger partial charge is 0.325 e. The number of carbonyl (C=O) groups is 1. The highest BCUT2D eigenvalue weighted by Crippen LogP contribution is 2.26. The summed E-state index contributed by atoms with van der Waals surface area (Å²) in [6, 6.07) is 7.61. The summed E-state index contributed by atoms with van der Waals surface area (Å²) in [7, 11) is -3.23. The molecule has 7 heteroatoms. The van der Waals surface area contributed by atoms with Crippen molar-refractivity contribution >= 4 is 33.4 Å². The molecule has 1 aromatic rings. The smallest absolute Gasteiger partial charge is 0.228 e. The number of sulfonamides is 1. The zero-order chi connectivity index (χ0) is 15.5. The topological polar surface area (TPSA) is 66.5 Å². The maximum atomic E-state index is 12.4. The fourth-order valence-electron chi connectivity index (χ4n) is 2.44. The Kier molecular flexibility index (Phi) is 5.29. The van der Waals surface area contributed by atoms with Crippen LogP contribution in [0, 0.1) is 5.92 Å². The average molecular weight is 328 g/mol. The Labute approximate surface area is 130 Å². The van der Waals surface area contributed by atoms with Gasteiger partial charge in [-0.25, -0.2) is 12.7 Å². The number of carbonyl (C=O) groups excluding carboxylic acids is 1. The Morgan fingerprint density at radius 1 is 1.38 bits per heavy atom. The molecule has 1 aromatic carbocycles. The number of rotatable bonds is 4. The summed E-state index contributed by atoms with van der Waals surface area (Å²) < 4.78 is 24.6. The molecule has 21 heavy (non-hydrogen) atoms. The molecule has 1 fully saturated rings. The van der Waals surface area contributed by atoms with E-state index < -0.39 is 10.0 Å². The molecule has 0 radical (unpaired) electrons. The molecule has 116 valence electrons. The van der Waals surface area contributed by atoms with E-state index in [0.717, 1.165) is 23.4 Å². The zero-order valence-corrected chi connectivity index (χ0v) is 13.8. The molecule has 0 bridgehead atoms. The number of anilines is 1. The Morgan fingerprint density at radius 3 is 2.76 bits per heavy atom. The lowest BCUT2D eigenvalue weighted by Crippen LogP contribution is -2.43. The molecule has 1 aliphatic heterocycles. The summed E-state index contributed by atoms with van der Waals surface area (Å²) in [5.41, 5.74) is 0.784. The average Bonchev–Trinajstić information content (AvgIpc) is 2.47. The van der Waals surface area contributed by atoms with Crippen molar-refractivity contribution in [1.82, 2.24) is 4.31 Å². The second-order valence-corrected chi connectivity index (χ2v) is 7.98. The fraction of sp³-hybridized carbons (Fsp3) is 0.500. The van der Waals surface area contributed by atoms with Crippen LogP contribution in [0.5, 0.6) is 0 Å². The summed E-state index contributed by atoms with van der Waals surface area (Å²) in [6.07, 6.45) is 4.59. The summed E-state index contributed by atoms with van der Waals surface area (Å²) in [5.74, 6) is -0.395. The number of hydrogen-bond acceptors (Lipinski definition) is 4. The third-order valence-electron chi connectivity index (χ3n) is 3.59. The lowest BCUT2D eigenvalue weighted by molar-refractivity contribution is -0.120. The van der Waals surface area contributed by atoms with E-state index in [1.165, 1.54) is 10.6 Å². The van der Waals surface area contributed by atoms with Gasteiger partial charge < -0.3 is 5.32 Å². The quantitative estimate of drug-likeness (QED) is 0.859. The second kappa shape index (κ2) is 6.81. The molecule has 0 aliphatic carbocycles. The molecule has 2 rings (SSSR count). The van der Waals surface area contributed by atoms with E-state index in [4.69, 9.17) is 0 Å². The van der Waals surface area contributed by atoms with Crippen molar-refractivity contribution in [3.63, 3.8) is 0 Å². The lowest BCUT2D eigenvalue weighted by atomic mass is 9.99. The summed E-state index contributed by atoms with van der Waals surface area (Å²) in [6.45, 7) is 0.774. The number of para-hydroxylation sites is 1. The molecular formula is C14H20N2O3S2. The van der Waals surface area contributed by atoms with Gasteiger partial charge in [0.15, 0.2) is 0 Å². The summed E-state index contributed by atoms with van der Waals surface area (Å²) >= 11 is 1.57. The summed E-state index contributed by atoms with van der Waals surface area (Å²) in [4.78, 5) is 13.4. The minimum absolute atomic E-state index is 0.107. The molecule has 0 spiro atoms. The number of nitrogens with one attached hydrogen (secondary N) is 1. The van der Waals surface area contributed by atoms with E-state index in [1.54, 1.807) is 11.8 Å². The zero-order valence-electron chi connectivity index (χ0n) is 12.2. The predicted molar refractivity (Wildman–Crippen MR) is 86.0 cm³/mol. The number of nitrogens with zero attached hydrogens (tertiary/aromatic N) is 1. The molecule has 0 aromatic heterocycles. The van der Waals surface area contributed by atoms with Gasteiger partial charge in [0.25, 0.3) is 0 Å². The first-order valence-corrected chi connectivity index (χ1v) is 9.88. The Balaban J connectivity index is 2.06. The van der Waals surface area contributed by atoms with E-state index in [0.29, 0.717) is 6.54 Å². The van der Waals surface area contributed by atoms with Crippen molar-refractivity contribution in [3.8, 4) is 0 Å². The maximum absolute atomic E-state index is 12.4. The molecule has 1 heterocycles. The third kappa shape index (κ3) is 4.21. The number of benzene rings is 1. The minimum atomic E-state index is -3.23. The van der Waals surface area contributed by atoms with E-state index in [-0.39, 0.29) is 18.4 Å². The number of piperidine rings is 1. The molecule has 1 saturated heterocycles. The molecule has 1 aliphatic rings. The van der Waals surface area contributed by atoms with E-state index in [2.05, 4.69) is 5.32 Å². The van der Waals surface area contributed by atoms with Crippen LogP contribution in [0.1, 0.15) is 12.8 Å². The molecule has 1 N–H and O–H groups in total. The molecule has 5 nitrogen and oxygen atoms in total. The van der Waals surface area contributed by atoms with E-state index >= 15 is 0 Å². The normalized spacial score (nSPS) is 20.2. The first kappa shape index (κ1) is 16.3. The van der Waals surface area contributed by atoms with Crippen LogP contribution in [0.3, 0.4) is 0 Å². The van der Waals surface area contributed by atoms with Gasteiger partial charge >= 0.3 is 0 Å². The van der Waals surface area contributed by atoms with Crippen molar-refractivity contribution in [1.29, 1.82) is 0 Å². The van der Waals surface area contributed by atoms with Crippen LogP contribution in [-0.2, 0) is 14.8 Å². The van der Waals surface area contributed by atoms with Crippen LogP contribution in [0.15, 0.2) is 29.2 Å². The third-order valence-corrected chi connectivity index (χ3v) is 5.65. The van der Waals surface area contributed by atoms with Crippen LogP contribution >= 0.6 is 11.8 Å². The van der Waals surface area contributed by atoms with Crippen LogP contribution in [0.2, 0.25) is 0 Å². The van der Waals surface area contributed by atoms with Crippen LogP contribution in [-0.4, -0.2) is 44.2 Å². The predicted octanol–water partition coefficient (Wildman–Crippen LogP) is 2.02. The maximum Gasteiger partial charge on any atom is 0.228 e. The van der Waals surface area contributed by atoms with Crippen molar-refractivity contribution < 1.29 is 13.2 Å². The molecule has 0 unspecified atom stereocenters. The Morgan fingerprint density at radius 2 is 2.10 bits per heavy atom. The molecule has 1 atom stereocenters. The van der Waals surface area contributed by atoms with Crippen LogP contribution < -0.4 is 5.32 Å². The first-order chi connectivity index (χ1) is 9.91. The van der Waals surface area contributed by atoms with Gasteiger partial charge in [0.2, 0.25) is 15.9 Å². The second-order valence-electron chi connectivity index (χ2n) is 5.15. The molecular weight excluding hydrogens is 308 g/mol. The van der Waals surface area contributed by atoms with Gasteiger partial charge in [-0.15, -0.1) is 11.8 Å². The van der Waals surface area contributed by atoms with Gasteiger partial charge in [0, 0.05) is 18.0 Å². The number of amides is 1. The first-order valence-electron chi connectivity index (χ1n) is 6.81. The van der Waals surface area contributed by atoms with Crippen molar-refractivity contribution in [2.24, 2.45) is 5.92 Å². The van der Waals surface area contributed by atoms with Gasteiger partial charge in [0.05, 0.1) is 17.9 Å². The lowest BCUT2D eigenvalue weighted by Gasteiger charge is -2.30. The van der Waals surface area contributed by atoms with E-state index in [1.807, 2.05) is 30.5 Å². The number of thioether (sulfide) groups is 1. The summed E-state index contributed by atoms with van der Waals surface area (Å²) in [5, 5.41) is 2.92. The Bertz CT molecular complexity index is 616. The van der Waals surface area contributed by atoms with Crippen molar-refractivity contribution in [2.45, 2.75) is 17.7 Å². The van der Waals surface area contributed by atoms with Gasteiger partial charge in [-0.3, -0.25) is 4.79 Å². The monoisotopic (exact) mass is 328 g/mol. The Hall–Kier alpha value is -1.05. The SMILES string of the molecule is CSc1ccccc1NC(=O)[C@H]1CCCN(S(C)(=O)=O)C1. The highest BCUT2D eigenvalue weighted by Gasteiger charge is 2.30. The highest BCUT2D eigenvalue weighted by atomic mass is 32.2. The molecule has 1 amide bonds. The van der Waals surface area contributed by atoms with Gasteiger partial charge in [-0.05, 0) is 31.2 Å². The minimum Gasteiger partial charge on any atom is -0.325 e. The van der Waals surface area contributed by atoms with Crippen LogP contribution in [0.4, 0.5) is 5.69 Å². The fourth-order valence-corrected chi connectivity index (χ4v) is 3.91. The highest BCUT2D eigenvalue weighted by molar-refractivity contribution is 7.98. The standard InChI is InChI=1S/C14H20N2O3S2/c1-20-13-8-4-3-7-12(13)15-14(17)11-6-5-9-16(10-11)21(2,18)19/h3-4,7-8,11H,5-6,9-10H2,1-2H3,(H,15,17)/t11-/m0/s1. The van der Waals surface area contributed by atoms with Crippen molar-refractivity contribution in [2.75, 3.05) is 30.9 Å². The van der Waals surface area contributed by atoms with Gasteiger partial charge in [0.1, 0.15) is 0 Å².